The highest BCUT2D eigenvalue weighted by molar-refractivity contribution is 9.10. The fourth-order valence-corrected chi connectivity index (χ4v) is 2.95. The summed E-state index contributed by atoms with van der Waals surface area (Å²) < 4.78 is 3.20. The van der Waals surface area contributed by atoms with Gasteiger partial charge in [0.2, 0.25) is 0 Å². The van der Waals surface area contributed by atoms with E-state index in [2.05, 4.69) is 50.7 Å². The zero-order valence-corrected chi connectivity index (χ0v) is 14.1. The number of imidazole rings is 1. The summed E-state index contributed by atoms with van der Waals surface area (Å²) in [7, 11) is 0. The molecule has 0 spiro atoms. The van der Waals surface area contributed by atoms with Gasteiger partial charge >= 0.3 is 0 Å². The van der Waals surface area contributed by atoms with Gasteiger partial charge in [-0.3, -0.25) is 0 Å². The molecule has 1 aromatic carbocycles. The molecule has 0 aliphatic carbocycles. The van der Waals surface area contributed by atoms with Crippen LogP contribution in [0.15, 0.2) is 35.1 Å². The van der Waals surface area contributed by atoms with Crippen LogP contribution in [0, 0.1) is 0 Å². The molecule has 20 heavy (non-hydrogen) atoms. The molecule has 1 unspecified atom stereocenters. The molecule has 5 heteroatoms. The predicted octanol–water partition coefficient (Wildman–Crippen LogP) is 4.21. The van der Waals surface area contributed by atoms with Crippen LogP contribution in [-0.4, -0.2) is 16.1 Å². The van der Waals surface area contributed by atoms with Crippen LogP contribution in [0.3, 0.4) is 0 Å². The van der Waals surface area contributed by atoms with Crippen LogP contribution in [-0.2, 0) is 13.0 Å². The highest BCUT2D eigenvalue weighted by Crippen LogP contribution is 2.28. The van der Waals surface area contributed by atoms with Crippen molar-refractivity contribution in [1.29, 1.82) is 0 Å². The van der Waals surface area contributed by atoms with Gasteiger partial charge in [-0.1, -0.05) is 34.5 Å². The van der Waals surface area contributed by atoms with E-state index < -0.39 is 0 Å². The Morgan fingerprint density at radius 3 is 2.90 bits per heavy atom. The van der Waals surface area contributed by atoms with Gasteiger partial charge in [-0.15, -0.1) is 0 Å². The topological polar surface area (TPSA) is 29.9 Å². The molecule has 1 N–H and O–H groups in total. The molecule has 0 aliphatic heterocycles. The number of benzene rings is 1. The fraction of sp³-hybridized carbons (Fsp3) is 0.400. The summed E-state index contributed by atoms with van der Waals surface area (Å²) in [6, 6.07) is 6.13. The average Bonchev–Trinajstić information content (AvgIpc) is 2.88. The Bertz CT molecular complexity index is 568. The van der Waals surface area contributed by atoms with E-state index in [1.165, 1.54) is 0 Å². The summed E-state index contributed by atoms with van der Waals surface area (Å²) in [5, 5.41) is 4.28. The van der Waals surface area contributed by atoms with Crippen molar-refractivity contribution in [3.8, 4) is 0 Å². The van der Waals surface area contributed by atoms with Gasteiger partial charge in [-0.2, -0.15) is 0 Å². The Hall–Kier alpha value is -0.840. The quantitative estimate of drug-likeness (QED) is 0.840. The third-order valence-electron chi connectivity index (χ3n) is 3.31. The standard InChI is InChI=1S/C15H19BrClN3/c1-3-18-14(10-15-19-7-8-20(15)4-2)12-9-11(16)5-6-13(12)17/h5-9,14,18H,3-4,10H2,1-2H3. The number of hydrogen-bond acceptors (Lipinski definition) is 2. The van der Waals surface area contributed by atoms with Gasteiger partial charge in [-0.25, -0.2) is 4.98 Å². The van der Waals surface area contributed by atoms with Gasteiger partial charge in [0.05, 0.1) is 0 Å². The number of likely N-dealkylation sites (N-methyl/N-ethyl adjacent to an activating group) is 1. The summed E-state index contributed by atoms with van der Waals surface area (Å²) in [6.45, 7) is 6.05. The number of rotatable bonds is 6. The van der Waals surface area contributed by atoms with Gasteiger partial charge in [0.15, 0.2) is 0 Å². The van der Waals surface area contributed by atoms with Crippen molar-refractivity contribution in [2.24, 2.45) is 0 Å². The van der Waals surface area contributed by atoms with Crippen molar-refractivity contribution in [3.63, 3.8) is 0 Å². The first-order valence-electron chi connectivity index (χ1n) is 6.84. The average molecular weight is 357 g/mol. The third kappa shape index (κ3) is 3.62. The molecule has 2 rings (SSSR count). The normalized spacial score (nSPS) is 12.6. The number of nitrogens with one attached hydrogen (secondary N) is 1. The second-order valence-corrected chi connectivity index (χ2v) is 5.93. The van der Waals surface area contributed by atoms with Crippen LogP contribution in [0.25, 0.3) is 0 Å². The zero-order valence-electron chi connectivity index (χ0n) is 11.7. The van der Waals surface area contributed by atoms with Gasteiger partial charge < -0.3 is 9.88 Å². The van der Waals surface area contributed by atoms with Crippen LogP contribution in [0.2, 0.25) is 5.02 Å². The molecule has 0 bridgehead atoms. The van der Waals surface area contributed by atoms with Gasteiger partial charge in [0, 0.05) is 40.9 Å². The summed E-state index contributed by atoms with van der Waals surface area (Å²) in [5.74, 6) is 1.08. The first-order chi connectivity index (χ1) is 9.65. The van der Waals surface area contributed by atoms with Crippen molar-refractivity contribution in [1.82, 2.24) is 14.9 Å². The Kier molecular flexibility index (Phi) is 5.64. The van der Waals surface area contributed by atoms with E-state index in [-0.39, 0.29) is 6.04 Å². The Labute approximate surface area is 133 Å². The van der Waals surface area contributed by atoms with Crippen molar-refractivity contribution in [2.45, 2.75) is 32.9 Å². The maximum atomic E-state index is 6.35. The van der Waals surface area contributed by atoms with Gasteiger partial charge in [-0.05, 0) is 37.2 Å². The molecule has 1 atom stereocenters. The van der Waals surface area contributed by atoms with E-state index in [1.807, 2.05) is 24.5 Å². The Morgan fingerprint density at radius 2 is 2.20 bits per heavy atom. The molecule has 1 aromatic heterocycles. The molecule has 1 heterocycles. The van der Waals surface area contributed by atoms with Crippen molar-refractivity contribution < 1.29 is 0 Å². The number of aryl methyl sites for hydroxylation is 1. The third-order valence-corrected chi connectivity index (χ3v) is 4.15. The van der Waals surface area contributed by atoms with E-state index >= 15 is 0 Å². The van der Waals surface area contributed by atoms with E-state index in [1.54, 1.807) is 0 Å². The number of hydrogen-bond donors (Lipinski definition) is 1. The second kappa shape index (κ2) is 7.25. The lowest BCUT2D eigenvalue weighted by atomic mass is 10.0. The smallest absolute Gasteiger partial charge is 0.110 e. The monoisotopic (exact) mass is 355 g/mol. The molecule has 108 valence electrons. The summed E-state index contributed by atoms with van der Waals surface area (Å²) >= 11 is 9.87. The fourth-order valence-electron chi connectivity index (χ4n) is 2.32. The van der Waals surface area contributed by atoms with Gasteiger partial charge in [0.1, 0.15) is 5.82 Å². The van der Waals surface area contributed by atoms with E-state index in [4.69, 9.17) is 11.6 Å². The van der Waals surface area contributed by atoms with Crippen LogP contribution in [0.1, 0.15) is 31.3 Å². The summed E-state index contributed by atoms with van der Waals surface area (Å²) in [4.78, 5) is 4.45. The summed E-state index contributed by atoms with van der Waals surface area (Å²) in [6.07, 6.45) is 4.69. The molecule has 3 nitrogen and oxygen atoms in total. The van der Waals surface area contributed by atoms with E-state index in [0.717, 1.165) is 40.4 Å². The Morgan fingerprint density at radius 1 is 1.40 bits per heavy atom. The lowest BCUT2D eigenvalue weighted by Crippen LogP contribution is -2.24. The number of halogens is 2. The summed E-state index contributed by atoms with van der Waals surface area (Å²) in [5.41, 5.74) is 1.11. The minimum atomic E-state index is 0.165. The zero-order chi connectivity index (χ0) is 14.5. The highest BCUT2D eigenvalue weighted by atomic mass is 79.9. The Balaban J connectivity index is 2.29. The maximum Gasteiger partial charge on any atom is 0.110 e. The SMILES string of the molecule is CCNC(Cc1nccn1CC)c1cc(Br)ccc1Cl. The highest BCUT2D eigenvalue weighted by Gasteiger charge is 2.17. The molecule has 2 aromatic rings. The van der Waals surface area contributed by atoms with Crippen LogP contribution >= 0.6 is 27.5 Å². The second-order valence-electron chi connectivity index (χ2n) is 4.61. The molecule has 0 amide bonds. The molecular weight excluding hydrogens is 338 g/mol. The molecule has 0 saturated carbocycles. The first-order valence-corrected chi connectivity index (χ1v) is 8.01. The van der Waals surface area contributed by atoms with E-state index in [9.17, 15) is 0 Å². The molecule has 0 fully saturated rings. The minimum Gasteiger partial charge on any atom is -0.335 e. The lowest BCUT2D eigenvalue weighted by Gasteiger charge is -2.20. The van der Waals surface area contributed by atoms with Crippen LogP contribution < -0.4 is 5.32 Å². The van der Waals surface area contributed by atoms with Crippen molar-refractivity contribution >= 4 is 27.5 Å². The lowest BCUT2D eigenvalue weighted by molar-refractivity contribution is 0.522. The van der Waals surface area contributed by atoms with Crippen LogP contribution in [0.4, 0.5) is 0 Å². The first kappa shape index (κ1) is 15.5. The van der Waals surface area contributed by atoms with E-state index in [0.29, 0.717) is 0 Å². The number of nitrogens with zero attached hydrogens (tertiary/aromatic N) is 2. The largest absolute Gasteiger partial charge is 0.335 e. The molecule has 0 aliphatic rings. The van der Waals surface area contributed by atoms with Gasteiger partial charge in [0.25, 0.3) is 0 Å². The van der Waals surface area contributed by atoms with Crippen molar-refractivity contribution in [3.05, 3.63) is 51.5 Å². The maximum absolute atomic E-state index is 6.35. The predicted molar refractivity (Wildman–Crippen MR) is 87.2 cm³/mol. The number of aromatic nitrogens is 2. The van der Waals surface area contributed by atoms with Crippen molar-refractivity contribution in [2.75, 3.05) is 6.54 Å². The minimum absolute atomic E-state index is 0.165. The molecular formula is C15H19BrClN3. The van der Waals surface area contributed by atoms with Crippen LogP contribution in [0.5, 0.6) is 0 Å². The molecule has 0 radical (unpaired) electrons. The molecule has 0 saturated heterocycles.